The molecule has 2 heterocycles. The standard InChI is InChI=1S/C14H21FN4O/c1-10(9-19-5-3-2-4-6-19)18-14(20)12-7-11(15)8-17-13(12)16/h7-8,10H,2-6,9H2,1H3,(H2,16,17)(H,18,20). The van der Waals surface area contributed by atoms with Crippen LogP contribution in [0.25, 0.3) is 0 Å². The topological polar surface area (TPSA) is 71.2 Å². The van der Waals surface area contributed by atoms with Gasteiger partial charge in [-0.2, -0.15) is 0 Å². The van der Waals surface area contributed by atoms with E-state index in [0.29, 0.717) is 0 Å². The molecule has 1 saturated heterocycles. The van der Waals surface area contributed by atoms with Gasteiger partial charge in [0.1, 0.15) is 11.6 Å². The first-order valence-corrected chi connectivity index (χ1v) is 7.00. The highest BCUT2D eigenvalue weighted by molar-refractivity contribution is 5.98. The van der Waals surface area contributed by atoms with E-state index in [0.717, 1.165) is 31.9 Å². The second-order valence-corrected chi connectivity index (χ2v) is 5.32. The van der Waals surface area contributed by atoms with Gasteiger partial charge in [0.2, 0.25) is 0 Å². The van der Waals surface area contributed by atoms with Crippen LogP contribution >= 0.6 is 0 Å². The monoisotopic (exact) mass is 280 g/mol. The van der Waals surface area contributed by atoms with Crippen molar-refractivity contribution in [1.82, 2.24) is 15.2 Å². The fourth-order valence-electron chi connectivity index (χ4n) is 2.51. The minimum absolute atomic E-state index is 0.0109. The van der Waals surface area contributed by atoms with Crippen LogP contribution in [-0.2, 0) is 0 Å². The van der Waals surface area contributed by atoms with E-state index in [2.05, 4.69) is 15.2 Å². The normalized spacial score (nSPS) is 17.7. The SMILES string of the molecule is CC(CN1CCCCC1)NC(=O)c1cc(F)cnc1N. The maximum atomic E-state index is 13.1. The number of rotatable bonds is 4. The fraction of sp³-hybridized carbons (Fsp3) is 0.571. The van der Waals surface area contributed by atoms with Crippen LogP contribution in [0.15, 0.2) is 12.3 Å². The number of pyridine rings is 1. The van der Waals surface area contributed by atoms with Gasteiger partial charge in [0.05, 0.1) is 11.8 Å². The van der Waals surface area contributed by atoms with Crippen molar-refractivity contribution < 1.29 is 9.18 Å². The average molecular weight is 280 g/mol. The van der Waals surface area contributed by atoms with E-state index in [1.165, 1.54) is 19.3 Å². The van der Waals surface area contributed by atoms with Crippen LogP contribution < -0.4 is 11.1 Å². The lowest BCUT2D eigenvalue weighted by Crippen LogP contribution is -2.43. The molecule has 2 rings (SSSR count). The molecule has 1 unspecified atom stereocenters. The van der Waals surface area contributed by atoms with Crippen molar-refractivity contribution in [3.8, 4) is 0 Å². The molecule has 3 N–H and O–H groups in total. The molecule has 0 saturated carbocycles. The molecular formula is C14H21FN4O. The van der Waals surface area contributed by atoms with Crippen LogP contribution in [0.5, 0.6) is 0 Å². The number of nitrogens with one attached hydrogen (secondary N) is 1. The van der Waals surface area contributed by atoms with E-state index in [1.807, 2.05) is 6.92 Å². The van der Waals surface area contributed by atoms with Crippen LogP contribution in [0.3, 0.4) is 0 Å². The van der Waals surface area contributed by atoms with Crippen molar-refractivity contribution >= 4 is 11.7 Å². The molecule has 0 bridgehead atoms. The molecule has 0 spiro atoms. The summed E-state index contributed by atoms with van der Waals surface area (Å²) in [5.41, 5.74) is 5.69. The van der Waals surface area contributed by atoms with Gasteiger partial charge in [0, 0.05) is 12.6 Å². The van der Waals surface area contributed by atoms with Crippen molar-refractivity contribution in [2.24, 2.45) is 0 Å². The van der Waals surface area contributed by atoms with Gasteiger partial charge in [-0.15, -0.1) is 0 Å². The van der Waals surface area contributed by atoms with Gasteiger partial charge in [0.25, 0.3) is 5.91 Å². The third-order valence-corrected chi connectivity index (χ3v) is 3.49. The Kier molecular flexibility index (Phi) is 4.89. The number of nitrogens with two attached hydrogens (primary N) is 1. The summed E-state index contributed by atoms with van der Waals surface area (Å²) >= 11 is 0. The van der Waals surface area contributed by atoms with Crippen LogP contribution in [0, 0.1) is 5.82 Å². The highest BCUT2D eigenvalue weighted by Crippen LogP contribution is 2.11. The van der Waals surface area contributed by atoms with E-state index in [9.17, 15) is 9.18 Å². The molecule has 1 atom stereocenters. The highest BCUT2D eigenvalue weighted by atomic mass is 19.1. The Hall–Kier alpha value is -1.69. The van der Waals surface area contributed by atoms with Gasteiger partial charge in [-0.1, -0.05) is 6.42 Å². The second kappa shape index (κ2) is 6.65. The maximum absolute atomic E-state index is 13.1. The van der Waals surface area contributed by atoms with E-state index >= 15 is 0 Å². The Labute approximate surface area is 118 Å². The molecule has 1 aromatic rings. The fourth-order valence-corrected chi connectivity index (χ4v) is 2.51. The second-order valence-electron chi connectivity index (χ2n) is 5.32. The van der Waals surface area contributed by atoms with Crippen molar-refractivity contribution in [1.29, 1.82) is 0 Å². The molecule has 1 fully saturated rings. The first-order valence-electron chi connectivity index (χ1n) is 7.00. The van der Waals surface area contributed by atoms with Crippen LogP contribution in [0.1, 0.15) is 36.5 Å². The minimum atomic E-state index is -0.562. The van der Waals surface area contributed by atoms with E-state index in [1.54, 1.807) is 0 Å². The van der Waals surface area contributed by atoms with Gasteiger partial charge >= 0.3 is 0 Å². The summed E-state index contributed by atoms with van der Waals surface area (Å²) in [4.78, 5) is 18.0. The Bertz CT molecular complexity index is 474. The lowest BCUT2D eigenvalue weighted by molar-refractivity contribution is 0.0926. The summed E-state index contributed by atoms with van der Waals surface area (Å²) in [5, 5.41) is 2.84. The molecule has 0 aliphatic carbocycles. The number of carbonyl (C=O) groups is 1. The molecule has 6 heteroatoms. The van der Waals surface area contributed by atoms with Crippen LogP contribution in [0.4, 0.5) is 10.2 Å². The highest BCUT2D eigenvalue weighted by Gasteiger charge is 2.17. The molecule has 1 aliphatic heterocycles. The first kappa shape index (κ1) is 14.7. The zero-order valence-electron chi connectivity index (χ0n) is 11.7. The van der Waals surface area contributed by atoms with Gasteiger partial charge in [-0.3, -0.25) is 4.79 Å². The summed E-state index contributed by atoms with van der Waals surface area (Å²) in [6.45, 7) is 4.89. The zero-order chi connectivity index (χ0) is 14.5. The molecule has 0 radical (unpaired) electrons. The number of hydrogen-bond acceptors (Lipinski definition) is 4. The molecule has 20 heavy (non-hydrogen) atoms. The molecule has 0 aromatic carbocycles. The van der Waals surface area contributed by atoms with E-state index < -0.39 is 5.82 Å². The number of carbonyl (C=O) groups excluding carboxylic acids is 1. The van der Waals surface area contributed by atoms with Crippen LogP contribution in [-0.4, -0.2) is 41.5 Å². The summed E-state index contributed by atoms with van der Waals surface area (Å²) in [5.74, 6) is -0.888. The first-order chi connectivity index (χ1) is 9.56. The third kappa shape index (κ3) is 3.90. The number of likely N-dealkylation sites (tertiary alicyclic amines) is 1. The largest absolute Gasteiger partial charge is 0.383 e. The number of nitrogens with zero attached hydrogens (tertiary/aromatic N) is 2. The van der Waals surface area contributed by atoms with Gasteiger partial charge in [-0.25, -0.2) is 9.37 Å². The predicted octanol–water partition coefficient (Wildman–Crippen LogP) is 1.41. The van der Waals surface area contributed by atoms with E-state index in [4.69, 9.17) is 5.73 Å². The number of nitrogen functional groups attached to an aromatic ring is 1. The van der Waals surface area contributed by atoms with Gasteiger partial charge < -0.3 is 16.0 Å². The number of halogens is 1. The molecule has 1 aliphatic rings. The maximum Gasteiger partial charge on any atom is 0.255 e. The number of hydrogen-bond donors (Lipinski definition) is 2. The molecule has 1 aromatic heterocycles. The molecule has 1 amide bonds. The summed E-state index contributed by atoms with van der Waals surface area (Å²) in [6, 6.07) is 1.11. The van der Waals surface area contributed by atoms with Crippen LogP contribution in [0.2, 0.25) is 0 Å². The van der Waals surface area contributed by atoms with Gasteiger partial charge in [0.15, 0.2) is 0 Å². The number of amides is 1. The van der Waals surface area contributed by atoms with Crippen molar-refractivity contribution in [3.63, 3.8) is 0 Å². The average Bonchev–Trinajstić information content (AvgIpc) is 2.42. The summed E-state index contributed by atoms with van der Waals surface area (Å²) in [6.07, 6.45) is 4.70. The number of anilines is 1. The summed E-state index contributed by atoms with van der Waals surface area (Å²) in [7, 11) is 0. The third-order valence-electron chi connectivity index (χ3n) is 3.49. The molecule has 5 nitrogen and oxygen atoms in total. The smallest absolute Gasteiger partial charge is 0.255 e. The van der Waals surface area contributed by atoms with Crippen molar-refractivity contribution in [2.75, 3.05) is 25.4 Å². The quantitative estimate of drug-likeness (QED) is 0.874. The number of piperidine rings is 1. The van der Waals surface area contributed by atoms with Crippen molar-refractivity contribution in [2.45, 2.75) is 32.2 Å². The summed E-state index contributed by atoms with van der Waals surface area (Å²) < 4.78 is 13.1. The Morgan fingerprint density at radius 2 is 2.20 bits per heavy atom. The lowest BCUT2D eigenvalue weighted by Gasteiger charge is -2.29. The molecule has 110 valence electrons. The predicted molar refractivity (Wildman–Crippen MR) is 75.8 cm³/mol. The van der Waals surface area contributed by atoms with Gasteiger partial charge in [-0.05, 0) is 38.9 Å². The number of aromatic nitrogens is 1. The zero-order valence-corrected chi connectivity index (χ0v) is 11.7. The van der Waals surface area contributed by atoms with Crippen molar-refractivity contribution in [3.05, 3.63) is 23.6 Å². The van der Waals surface area contributed by atoms with E-state index in [-0.39, 0.29) is 23.3 Å². The lowest BCUT2D eigenvalue weighted by atomic mass is 10.1. The Morgan fingerprint density at radius 3 is 2.90 bits per heavy atom. The molecular weight excluding hydrogens is 259 g/mol. The minimum Gasteiger partial charge on any atom is -0.383 e. The Balaban J connectivity index is 1.91. The Morgan fingerprint density at radius 1 is 1.50 bits per heavy atom.